The molecule has 4 heteroatoms. The molecule has 2 rings (SSSR count). The summed E-state index contributed by atoms with van der Waals surface area (Å²) in [5, 5.41) is 2.24. The lowest BCUT2D eigenvalue weighted by atomic mass is 10.0. The van der Waals surface area contributed by atoms with Crippen LogP contribution in [0.2, 0.25) is 0 Å². The Balaban J connectivity index is 2.44. The number of ether oxygens (including phenoxy) is 1. The van der Waals surface area contributed by atoms with Crippen LogP contribution in [0.15, 0.2) is 34.8 Å². The number of alkyl halides is 1. The first-order valence-corrected chi connectivity index (χ1v) is 7.21. The maximum absolute atomic E-state index is 10.6. The molecule has 94 valence electrons. The average molecular weight is 372 g/mol. The van der Waals surface area contributed by atoms with Crippen molar-refractivity contribution in [3.8, 4) is 5.75 Å². The highest BCUT2D eigenvalue weighted by Gasteiger charge is 2.08. The molecule has 2 nitrogen and oxygen atoms in total. The third-order valence-corrected chi connectivity index (χ3v) is 4.14. The van der Waals surface area contributed by atoms with Gasteiger partial charge in [-0.15, -0.1) is 0 Å². The Morgan fingerprint density at radius 1 is 1.33 bits per heavy atom. The Morgan fingerprint density at radius 3 is 2.78 bits per heavy atom. The molecule has 0 saturated carbocycles. The molecule has 0 amide bonds. The van der Waals surface area contributed by atoms with Crippen LogP contribution < -0.4 is 4.74 Å². The number of benzene rings is 2. The van der Waals surface area contributed by atoms with E-state index in [-0.39, 0.29) is 4.83 Å². The Bertz CT molecular complexity index is 581. The van der Waals surface area contributed by atoms with Crippen molar-refractivity contribution in [2.24, 2.45) is 0 Å². The third-order valence-electron chi connectivity index (χ3n) is 2.78. The van der Waals surface area contributed by atoms with E-state index in [1.165, 1.54) is 0 Å². The Morgan fingerprint density at radius 2 is 2.11 bits per heavy atom. The van der Waals surface area contributed by atoms with Crippen molar-refractivity contribution in [3.63, 3.8) is 0 Å². The van der Waals surface area contributed by atoms with Crippen LogP contribution in [-0.4, -0.2) is 18.2 Å². The van der Waals surface area contributed by atoms with Gasteiger partial charge < -0.3 is 9.53 Å². The summed E-state index contributed by atoms with van der Waals surface area (Å²) in [7, 11) is 1.65. The highest BCUT2D eigenvalue weighted by atomic mass is 79.9. The smallest absolute Gasteiger partial charge is 0.133 e. The van der Waals surface area contributed by atoms with E-state index in [2.05, 4.69) is 37.9 Å². The van der Waals surface area contributed by atoms with E-state index >= 15 is 0 Å². The second kappa shape index (κ2) is 5.85. The average Bonchev–Trinajstić information content (AvgIpc) is 2.39. The second-order valence-electron chi connectivity index (χ2n) is 3.99. The van der Waals surface area contributed by atoms with Crippen molar-refractivity contribution < 1.29 is 9.53 Å². The number of rotatable bonds is 4. The van der Waals surface area contributed by atoms with E-state index in [4.69, 9.17) is 4.74 Å². The molecule has 0 fully saturated rings. The number of carbonyl (C=O) groups excluding carboxylic acids is 1. The lowest BCUT2D eigenvalue weighted by Gasteiger charge is -2.09. The zero-order chi connectivity index (χ0) is 13.1. The first-order valence-electron chi connectivity index (χ1n) is 5.50. The number of carbonyl (C=O) groups is 1. The molecule has 18 heavy (non-hydrogen) atoms. The molecular weight excluding hydrogens is 360 g/mol. The number of methoxy groups -OCH3 is 1. The second-order valence-corrected chi connectivity index (χ2v) is 5.96. The standard InChI is InChI=1S/C14H12Br2O2/c1-18-13-5-3-10-6-9(7-11(15)8-17)2-4-12(10)14(13)16/h2-6,8,11H,7H2,1H3. The number of fused-ring (bicyclic) bond motifs is 1. The summed E-state index contributed by atoms with van der Waals surface area (Å²) in [5.74, 6) is 0.821. The maximum atomic E-state index is 10.6. The molecule has 0 bridgehead atoms. The van der Waals surface area contributed by atoms with Crippen molar-refractivity contribution >= 4 is 48.9 Å². The van der Waals surface area contributed by atoms with Gasteiger partial charge >= 0.3 is 0 Å². The van der Waals surface area contributed by atoms with Crippen LogP contribution >= 0.6 is 31.9 Å². The van der Waals surface area contributed by atoms with Crippen molar-refractivity contribution in [1.29, 1.82) is 0 Å². The maximum Gasteiger partial charge on any atom is 0.133 e. The molecular formula is C14H12Br2O2. The molecule has 1 unspecified atom stereocenters. The van der Waals surface area contributed by atoms with Gasteiger partial charge in [0.05, 0.1) is 16.4 Å². The zero-order valence-electron chi connectivity index (χ0n) is 9.82. The molecule has 1 atom stereocenters. The topological polar surface area (TPSA) is 26.3 Å². The molecule has 0 aliphatic rings. The molecule has 0 spiro atoms. The van der Waals surface area contributed by atoms with Gasteiger partial charge in [-0.25, -0.2) is 0 Å². The van der Waals surface area contributed by atoms with Crippen molar-refractivity contribution in [3.05, 3.63) is 40.4 Å². The minimum Gasteiger partial charge on any atom is -0.496 e. The lowest BCUT2D eigenvalue weighted by molar-refractivity contribution is -0.107. The first-order chi connectivity index (χ1) is 8.65. The summed E-state index contributed by atoms with van der Waals surface area (Å²) < 4.78 is 6.22. The van der Waals surface area contributed by atoms with Crippen molar-refractivity contribution in [2.45, 2.75) is 11.2 Å². The van der Waals surface area contributed by atoms with Gasteiger partial charge in [-0.05, 0) is 44.8 Å². The third kappa shape index (κ3) is 2.75. The van der Waals surface area contributed by atoms with Gasteiger partial charge in [0, 0.05) is 0 Å². The Labute approximate surface area is 123 Å². The summed E-state index contributed by atoms with van der Waals surface area (Å²) in [6, 6.07) is 10.1. The molecule has 0 N–H and O–H groups in total. The molecule has 0 aliphatic carbocycles. The molecule has 0 heterocycles. The Kier molecular flexibility index (Phi) is 4.40. The van der Waals surface area contributed by atoms with E-state index in [0.29, 0.717) is 6.42 Å². The van der Waals surface area contributed by atoms with Gasteiger partial charge in [0.15, 0.2) is 0 Å². The summed E-state index contributed by atoms with van der Waals surface area (Å²) in [5.41, 5.74) is 1.13. The van der Waals surface area contributed by atoms with Gasteiger partial charge in [0.2, 0.25) is 0 Å². The van der Waals surface area contributed by atoms with Crippen molar-refractivity contribution in [1.82, 2.24) is 0 Å². The van der Waals surface area contributed by atoms with E-state index in [9.17, 15) is 4.79 Å². The van der Waals surface area contributed by atoms with Gasteiger partial charge in [-0.3, -0.25) is 0 Å². The fourth-order valence-electron chi connectivity index (χ4n) is 1.88. The van der Waals surface area contributed by atoms with Crippen LogP contribution in [0, 0.1) is 0 Å². The van der Waals surface area contributed by atoms with E-state index < -0.39 is 0 Å². The molecule has 0 radical (unpaired) electrons. The van der Waals surface area contributed by atoms with Gasteiger partial charge in [-0.1, -0.05) is 40.2 Å². The SMILES string of the molecule is COc1ccc2cc(CC(Br)C=O)ccc2c1Br. The minimum absolute atomic E-state index is 0.128. The number of hydrogen-bond acceptors (Lipinski definition) is 2. The number of hydrogen-bond donors (Lipinski definition) is 0. The van der Waals surface area contributed by atoms with E-state index in [0.717, 1.165) is 32.8 Å². The normalized spacial score (nSPS) is 12.4. The fraction of sp³-hybridized carbons (Fsp3) is 0.214. The zero-order valence-corrected chi connectivity index (χ0v) is 13.0. The van der Waals surface area contributed by atoms with Crippen LogP contribution in [0.3, 0.4) is 0 Å². The number of halogens is 2. The van der Waals surface area contributed by atoms with Crippen LogP contribution in [0.25, 0.3) is 10.8 Å². The van der Waals surface area contributed by atoms with E-state index in [1.807, 2.05) is 24.3 Å². The highest BCUT2D eigenvalue weighted by Crippen LogP contribution is 2.33. The molecule has 0 aliphatic heterocycles. The monoisotopic (exact) mass is 370 g/mol. The van der Waals surface area contributed by atoms with Gasteiger partial charge in [0.1, 0.15) is 12.0 Å². The predicted molar refractivity (Wildman–Crippen MR) is 80.7 cm³/mol. The fourth-order valence-corrected chi connectivity index (χ4v) is 2.91. The highest BCUT2D eigenvalue weighted by molar-refractivity contribution is 9.10. The molecule has 2 aromatic carbocycles. The van der Waals surface area contributed by atoms with Crippen LogP contribution in [0.5, 0.6) is 5.75 Å². The molecule has 0 saturated heterocycles. The number of aldehydes is 1. The van der Waals surface area contributed by atoms with Crippen LogP contribution in [0.4, 0.5) is 0 Å². The Hall–Kier alpha value is -0.870. The van der Waals surface area contributed by atoms with Gasteiger partial charge in [-0.2, -0.15) is 0 Å². The summed E-state index contributed by atoms with van der Waals surface area (Å²) in [6.45, 7) is 0. The summed E-state index contributed by atoms with van der Waals surface area (Å²) in [4.78, 5) is 10.5. The summed E-state index contributed by atoms with van der Waals surface area (Å²) in [6.07, 6.45) is 1.61. The predicted octanol–water partition coefficient (Wildman–Crippen LogP) is 4.12. The molecule has 2 aromatic rings. The largest absolute Gasteiger partial charge is 0.496 e. The first kappa shape index (κ1) is 13.6. The van der Waals surface area contributed by atoms with Gasteiger partial charge in [0.25, 0.3) is 0 Å². The van der Waals surface area contributed by atoms with E-state index in [1.54, 1.807) is 7.11 Å². The lowest BCUT2D eigenvalue weighted by Crippen LogP contribution is -2.03. The van der Waals surface area contributed by atoms with Crippen LogP contribution in [-0.2, 0) is 11.2 Å². The van der Waals surface area contributed by atoms with Crippen LogP contribution in [0.1, 0.15) is 5.56 Å². The summed E-state index contributed by atoms with van der Waals surface area (Å²) >= 11 is 6.86. The quantitative estimate of drug-likeness (QED) is 0.597. The minimum atomic E-state index is -0.128. The van der Waals surface area contributed by atoms with Crippen molar-refractivity contribution in [2.75, 3.05) is 7.11 Å². The molecule has 0 aromatic heterocycles.